The molecule has 11 heavy (non-hydrogen) atoms. The van der Waals surface area contributed by atoms with E-state index in [1.807, 2.05) is 0 Å². The maximum Gasteiger partial charge on any atom is 0.313 e. The Hall–Kier alpha value is 0.470. The Bertz CT molecular complexity index is 150. The van der Waals surface area contributed by atoms with Crippen molar-refractivity contribution in [3.05, 3.63) is 0 Å². The van der Waals surface area contributed by atoms with Crippen molar-refractivity contribution in [3.63, 3.8) is 0 Å². The number of carboxylic acids is 1. The van der Waals surface area contributed by atoms with Gasteiger partial charge in [-0.25, -0.2) is 0 Å². The molecule has 0 bridgehead atoms. The number of carbonyl (C=O) groups is 1. The number of rotatable bonds is 6. The van der Waals surface area contributed by atoms with Gasteiger partial charge < -0.3 is 5.11 Å². The summed E-state index contributed by atoms with van der Waals surface area (Å²) in [5, 5.41) is 8.34. The summed E-state index contributed by atoms with van der Waals surface area (Å²) in [4.78, 5) is 10.1. The molecule has 0 amide bonds. The largest absolute Gasteiger partial charge is 0.481 e. The molecule has 0 fully saturated rings. The van der Waals surface area contributed by atoms with Gasteiger partial charge >= 0.3 is 5.97 Å². The first-order valence-electron chi connectivity index (χ1n) is 3.54. The summed E-state index contributed by atoms with van der Waals surface area (Å²) in [5.74, 6) is -1.40. The van der Waals surface area contributed by atoms with Crippen LogP contribution in [-0.2, 0) is 16.6 Å². The van der Waals surface area contributed by atoms with Crippen molar-refractivity contribution >= 4 is 35.1 Å². The van der Waals surface area contributed by atoms with Crippen molar-refractivity contribution in [2.45, 2.75) is 19.8 Å². The lowest BCUT2D eigenvalue weighted by atomic mass is 10.4. The van der Waals surface area contributed by atoms with Crippen molar-refractivity contribution in [1.29, 1.82) is 0 Å². The molecule has 0 radical (unpaired) electrons. The average molecular weight is 212 g/mol. The van der Waals surface area contributed by atoms with E-state index in [9.17, 15) is 4.79 Å². The Morgan fingerprint density at radius 3 is 2.82 bits per heavy atom. The first kappa shape index (κ1) is 11.5. The molecule has 0 aromatic rings. The van der Waals surface area contributed by atoms with Gasteiger partial charge in [0.2, 0.25) is 0 Å². The molecule has 0 aliphatic heterocycles. The second-order valence-corrected chi connectivity index (χ2v) is 8.58. The molecule has 5 heteroatoms. The van der Waals surface area contributed by atoms with Crippen LogP contribution in [0.25, 0.3) is 0 Å². The van der Waals surface area contributed by atoms with E-state index in [4.69, 9.17) is 16.9 Å². The summed E-state index contributed by atoms with van der Waals surface area (Å²) >= 11 is 6.56. The fraction of sp³-hybridized carbons (Fsp3) is 0.833. The number of carboxylic acid groups (broad SMARTS) is 1. The highest BCUT2D eigenvalue weighted by Crippen LogP contribution is 2.38. The molecule has 0 rings (SSSR count). The normalized spacial score (nSPS) is 12.8. The SMILES string of the molecule is CCCC[PH](=S)SCC(=O)O. The fourth-order valence-electron chi connectivity index (χ4n) is 0.536. The lowest BCUT2D eigenvalue weighted by molar-refractivity contribution is -0.133. The number of hydrogen-bond donors (Lipinski definition) is 1. The third kappa shape index (κ3) is 8.38. The minimum Gasteiger partial charge on any atom is -0.481 e. The average Bonchev–Trinajstić information content (AvgIpc) is 1.97. The highest BCUT2D eigenvalue weighted by molar-refractivity contribution is 8.64. The van der Waals surface area contributed by atoms with Crippen LogP contribution in [-0.4, -0.2) is 23.0 Å². The van der Waals surface area contributed by atoms with Crippen LogP contribution in [0.5, 0.6) is 0 Å². The highest BCUT2D eigenvalue weighted by Gasteiger charge is 1.99. The Labute approximate surface area is 76.9 Å². The minimum atomic E-state index is -0.828. The summed E-state index contributed by atoms with van der Waals surface area (Å²) in [5.41, 5.74) is 0. The van der Waals surface area contributed by atoms with E-state index in [2.05, 4.69) is 6.92 Å². The predicted molar refractivity (Wildman–Crippen MR) is 55.5 cm³/mol. The molecule has 0 saturated carbocycles. The molecule has 0 spiro atoms. The second-order valence-electron chi connectivity index (χ2n) is 2.16. The maximum atomic E-state index is 10.1. The summed E-state index contributed by atoms with van der Waals surface area (Å²) in [6, 6.07) is 0. The van der Waals surface area contributed by atoms with Crippen molar-refractivity contribution in [3.8, 4) is 0 Å². The third-order valence-electron chi connectivity index (χ3n) is 1.09. The number of unbranched alkanes of at least 4 members (excludes halogenated alkanes) is 1. The Balaban J connectivity index is 3.30. The zero-order chi connectivity index (χ0) is 8.69. The molecular weight excluding hydrogens is 199 g/mol. The molecule has 66 valence electrons. The standard InChI is InChI=1S/C6H13O2PS2/c1-2-3-4-9(10)11-5-6(7)8/h9H,2-5H2,1H3,(H,7,8). The van der Waals surface area contributed by atoms with Gasteiger partial charge in [0, 0.05) is 0 Å². The molecule has 0 aromatic heterocycles. The molecule has 0 aliphatic carbocycles. The summed E-state index contributed by atoms with van der Waals surface area (Å²) < 4.78 is 0. The maximum absolute atomic E-state index is 10.1. The molecule has 2 nitrogen and oxygen atoms in total. The third-order valence-corrected chi connectivity index (χ3v) is 6.25. The van der Waals surface area contributed by atoms with Gasteiger partial charge in [-0.2, -0.15) is 0 Å². The number of aliphatic carboxylic acids is 1. The summed E-state index contributed by atoms with van der Waals surface area (Å²) in [7, 11) is 0. The van der Waals surface area contributed by atoms with Crippen molar-refractivity contribution in [2.24, 2.45) is 0 Å². The molecule has 0 aliphatic rings. The molecule has 0 heterocycles. The van der Waals surface area contributed by atoms with Gasteiger partial charge in [-0.1, -0.05) is 25.2 Å². The highest BCUT2D eigenvalue weighted by atomic mass is 32.9. The molecular formula is C6H13O2PS2. The molecule has 1 atom stereocenters. The Kier molecular flexibility index (Phi) is 7.44. The van der Waals surface area contributed by atoms with Gasteiger partial charge in [0.05, 0.1) is 5.75 Å². The van der Waals surface area contributed by atoms with E-state index >= 15 is 0 Å². The minimum absolute atomic E-state index is 0.182. The topological polar surface area (TPSA) is 37.3 Å². The van der Waals surface area contributed by atoms with Crippen LogP contribution in [0.2, 0.25) is 0 Å². The molecule has 0 aromatic carbocycles. The molecule has 1 unspecified atom stereocenters. The van der Waals surface area contributed by atoms with E-state index in [-0.39, 0.29) is 5.75 Å². The van der Waals surface area contributed by atoms with Gasteiger partial charge in [0.25, 0.3) is 0 Å². The van der Waals surface area contributed by atoms with Crippen LogP contribution in [0, 0.1) is 0 Å². The predicted octanol–water partition coefficient (Wildman–Crippen LogP) is 2.20. The quantitative estimate of drug-likeness (QED) is 0.685. The van der Waals surface area contributed by atoms with Crippen molar-refractivity contribution in [2.75, 3.05) is 11.9 Å². The zero-order valence-corrected chi connectivity index (χ0v) is 9.13. The summed E-state index contributed by atoms with van der Waals surface area (Å²) in [6.07, 6.45) is 3.34. The van der Waals surface area contributed by atoms with Gasteiger partial charge in [-0.3, -0.25) is 4.79 Å². The van der Waals surface area contributed by atoms with E-state index in [1.165, 1.54) is 11.4 Å². The van der Waals surface area contributed by atoms with Crippen molar-refractivity contribution in [1.82, 2.24) is 0 Å². The second kappa shape index (κ2) is 7.14. The molecule has 1 N–H and O–H groups in total. The van der Waals surface area contributed by atoms with Gasteiger partial charge in [0.1, 0.15) is 0 Å². The van der Waals surface area contributed by atoms with E-state index in [0.29, 0.717) is 0 Å². The van der Waals surface area contributed by atoms with Gasteiger partial charge in [0.15, 0.2) is 0 Å². The summed E-state index contributed by atoms with van der Waals surface area (Å²) in [6.45, 7) is 2.12. The van der Waals surface area contributed by atoms with E-state index in [1.54, 1.807) is 0 Å². The number of hydrogen-bond acceptors (Lipinski definition) is 3. The van der Waals surface area contributed by atoms with Crippen LogP contribution in [0.4, 0.5) is 0 Å². The smallest absolute Gasteiger partial charge is 0.313 e. The van der Waals surface area contributed by atoms with Crippen LogP contribution >= 0.6 is 17.3 Å². The van der Waals surface area contributed by atoms with Crippen LogP contribution in [0.15, 0.2) is 0 Å². The van der Waals surface area contributed by atoms with Gasteiger partial charge in [-0.05, 0) is 18.5 Å². The lowest BCUT2D eigenvalue weighted by Gasteiger charge is -1.99. The van der Waals surface area contributed by atoms with E-state index < -0.39 is 11.9 Å². The Morgan fingerprint density at radius 1 is 1.73 bits per heavy atom. The van der Waals surface area contributed by atoms with E-state index in [0.717, 1.165) is 19.0 Å². The lowest BCUT2D eigenvalue weighted by Crippen LogP contribution is -1.95. The van der Waals surface area contributed by atoms with Crippen LogP contribution < -0.4 is 0 Å². The fourth-order valence-corrected chi connectivity index (χ4v) is 4.29. The zero-order valence-electron chi connectivity index (χ0n) is 6.50. The Morgan fingerprint density at radius 2 is 2.36 bits per heavy atom. The molecule has 0 saturated heterocycles. The first-order valence-corrected chi connectivity index (χ1v) is 8.09. The van der Waals surface area contributed by atoms with Crippen LogP contribution in [0.3, 0.4) is 0 Å². The first-order chi connectivity index (χ1) is 5.16. The monoisotopic (exact) mass is 212 g/mol. The van der Waals surface area contributed by atoms with Crippen molar-refractivity contribution < 1.29 is 9.90 Å². The van der Waals surface area contributed by atoms with Crippen LogP contribution in [0.1, 0.15) is 19.8 Å². The van der Waals surface area contributed by atoms with Gasteiger partial charge in [-0.15, -0.1) is 11.4 Å².